The van der Waals surface area contributed by atoms with Gasteiger partial charge in [-0.25, -0.2) is 0 Å². The normalized spacial score (nSPS) is 25.7. The van der Waals surface area contributed by atoms with Crippen LogP contribution >= 0.6 is 24.4 Å². The average Bonchev–Trinajstić information content (AvgIpc) is 2.27. The van der Waals surface area contributed by atoms with E-state index in [1.807, 2.05) is 0 Å². The molecular formula is C14H24O3S2. The summed E-state index contributed by atoms with van der Waals surface area (Å²) < 4.78 is 5.63. The topological polar surface area (TPSA) is 49.7 Å². The fraction of sp³-hybridized carbons (Fsp3) is 0.857. The first-order valence-corrected chi connectivity index (χ1v) is 7.62. The predicted molar refractivity (Wildman–Crippen MR) is 84.7 cm³/mol. The van der Waals surface area contributed by atoms with E-state index in [2.05, 4.69) is 33.0 Å². The van der Waals surface area contributed by atoms with Crippen molar-refractivity contribution in [3.8, 4) is 0 Å². The summed E-state index contributed by atoms with van der Waals surface area (Å²) >= 11 is 9.57. The highest BCUT2D eigenvalue weighted by Gasteiger charge is 2.31. The van der Waals surface area contributed by atoms with Crippen LogP contribution in [0.1, 0.15) is 52.9 Å². The Balaban J connectivity index is 2.37. The van der Waals surface area contributed by atoms with Gasteiger partial charge in [-0.15, -0.1) is 0 Å². The number of aliphatic hydroxyl groups is 2. The zero-order valence-electron chi connectivity index (χ0n) is 11.9. The van der Waals surface area contributed by atoms with Crippen molar-refractivity contribution in [1.29, 1.82) is 0 Å². The second-order valence-corrected chi connectivity index (χ2v) is 7.26. The van der Waals surface area contributed by atoms with Gasteiger partial charge in [-0.2, -0.15) is 0 Å². The Morgan fingerprint density at radius 1 is 1.21 bits per heavy atom. The molecular weight excluding hydrogens is 280 g/mol. The van der Waals surface area contributed by atoms with E-state index in [1.54, 1.807) is 0 Å². The molecule has 2 N–H and O–H groups in total. The third kappa shape index (κ3) is 5.71. The lowest BCUT2D eigenvalue weighted by molar-refractivity contribution is 0.0702. The molecule has 1 unspecified atom stereocenters. The van der Waals surface area contributed by atoms with Crippen molar-refractivity contribution in [3.05, 3.63) is 0 Å². The zero-order chi connectivity index (χ0) is 14.6. The minimum atomic E-state index is -0.979. The molecule has 1 atom stereocenters. The van der Waals surface area contributed by atoms with Crippen molar-refractivity contribution < 1.29 is 14.9 Å². The molecule has 0 amide bonds. The molecule has 0 heterocycles. The Kier molecular flexibility index (Phi) is 6.15. The van der Waals surface area contributed by atoms with Gasteiger partial charge in [0.2, 0.25) is 0 Å². The molecule has 0 aromatic rings. The van der Waals surface area contributed by atoms with E-state index in [1.165, 1.54) is 0 Å². The lowest BCUT2D eigenvalue weighted by atomic mass is 9.72. The zero-order valence-corrected chi connectivity index (χ0v) is 13.5. The Bertz CT molecular complexity index is 328. The minimum absolute atomic E-state index is 0.0223. The highest BCUT2D eigenvalue weighted by Crippen LogP contribution is 2.38. The Morgan fingerprint density at radius 2 is 1.74 bits per heavy atom. The van der Waals surface area contributed by atoms with E-state index in [0.29, 0.717) is 5.41 Å². The predicted octanol–water partition coefficient (Wildman–Crippen LogP) is 3.57. The number of ether oxygens (including phenoxy) is 1. The van der Waals surface area contributed by atoms with E-state index in [4.69, 9.17) is 22.1 Å². The third-order valence-electron chi connectivity index (χ3n) is 3.82. The largest absolute Gasteiger partial charge is 0.502 e. The Labute approximate surface area is 126 Å². The smallest absolute Gasteiger partial charge is 0.189 e. The van der Waals surface area contributed by atoms with Crippen molar-refractivity contribution in [3.63, 3.8) is 0 Å². The van der Waals surface area contributed by atoms with Crippen molar-refractivity contribution in [2.24, 2.45) is 11.3 Å². The monoisotopic (exact) mass is 304 g/mol. The van der Waals surface area contributed by atoms with E-state index in [0.717, 1.165) is 31.6 Å². The molecule has 0 aromatic heterocycles. The van der Waals surface area contributed by atoms with Crippen LogP contribution in [-0.2, 0) is 4.74 Å². The summed E-state index contributed by atoms with van der Waals surface area (Å²) in [6, 6.07) is 0. The number of hydrogen-bond donors (Lipinski definition) is 2. The van der Waals surface area contributed by atoms with E-state index in [9.17, 15) is 5.11 Å². The maximum atomic E-state index is 9.69. The van der Waals surface area contributed by atoms with Gasteiger partial charge in [0.15, 0.2) is 10.1 Å². The molecule has 1 aliphatic rings. The van der Waals surface area contributed by atoms with Crippen molar-refractivity contribution in [2.75, 3.05) is 0 Å². The average molecular weight is 304 g/mol. The fourth-order valence-corrected chi connectivity index (χ4v) is 2.92. The van der Waals surface area contributed by atoms with Gasteiger partial charge >= 0.3 is 0 Å². The molecule has 0 aliphatic heterocycles. The summed E-state index contributed by atoms with van der Waals surface area (Å²) in [5.74, 6) is 0.718. The number of thiocarbonyl (C=S) groups is 2. The minimum Gasteiger partial charge on any atom is -0.502 e. The quantitative estimate of drug-likeness (QED) is 0.778. The van der Waals surface area contributed by atoms with Gasteiger partial charge < -0.3 is 14.9 Å². The standard InChI is InChI=1S/C14H24O3S2/c1-14(2,3)9-4-6-10(7-5-9)17-13(19)11(15)8-12(16)18/h9-11,15H,4-8H2,1-3H3,(H,16,18). The molecule has 1 aliphatic carbocycles. The van der Waals surface area contributed by atoms with Gasteiger partial charge in [0.1, 0.15) is 6.10 Å². The van der Waals surface area contributed by atoms with Crippen LogP contribution in [0.2, 0.25) is 0 Å². The molecule has 0 spiro atoms. The second-order valence-electron chi connectivity index (χ2n) is 6.39. The highest BCUT2D eigenvalue weighted by molar-refractivity contribution is 7.80. The molecule has 19 heavy (non-hydrogen) atoms. The molecule has 1 saturated carbocycles. The highest BCUT2D eigenvalue weighted by atomic mass is 32.1. The van der Waals surface area contributed by atoms with Crippen LogP contribution in [0.4, 0.5) is 0 Å². The summed E-state index contributed by atoms with van der Waals surface area (Å²) in [5.41, 5.74) is 0.341. The van der Waals surface area contributed by atoms with Crippen LogP contribution in [0.3, 0.4) is 0 Å². The number of hydrogen-bond acceptors (Lipinski definition) is 4. The lowest BCUT2D eigenvalue weighted by Crippen LogP contribution is -2.33. The van der Waals surface area contributed by atoms with Crippen LogP contribution in [0.15, 0.2) is 0 Å². The van der Waals surface area contributed by atoms with Crippen LogP contribution in [0, 0.1) is 11.3 Å². The van der Waals surface area contributed by atoms with E-state index < -0.39 is 6.10 Å². The van der Waals surface area contributed by atoms with Crippen LogP contribution < -0.4 is 0 Å². The van der Waals surface area contributed by atoms with Crippen LogP contribution in [0.25, 0.3) is 0 Å². The van der Waals surface area contributed by atoms with Gasteiger partial charge in [-0.1, -0.05) is 20.8 Å². The lowest BCUT2D eigenvalue weighted by Gasteiger charge is -2.37. The van der Waals surface area contributed by atoms with Crippen LogP contribution in [-0.4, -0.2) is 32.5 Å². The maximum Gasteiger partial charge on any atom is 0.189 e. The summed E-state index contributed by atoms with van der Waals surface area (Å²) in [4.78, 5) is 0. The Morgan fingerprint density at radius 3 is 2.16 bits per heavy atom. The molecule has 0 radical (unpaired) electrons. The summed E-state index contributed by atoms with van der Waals surface area (Å²) in [7, 11) is 0. The first kappa shape index (κ1) is 16.8. The fourth-order valence-electron chi connectivity index (χ4n) is 2.54. The summed E-state index contributed by atoms with van der Waals surface area (Å²) in [5, 5.41) is 18.6. The molecule has 0 saturated heterocycles. The van der Waals surface area contributed by atoms with Gasteiger partial charge in [0.25, 0.3) is 0 Å². The Hall–Kier alpha value is -0.260. The SMILES string of the molecule is CC(C)(C)C1CCC(OC(=S)C(O)CC(O)=S)CC1. The van der Waals surface area contributed by atoms with Crippen molar-refractivity contribution in [1.82, 2.24) is 0 Å². The van der Waals surface area contributed by atoms with Gasteiger partial charge in [-0.3, -0.25) is 0 Å². The first-order chi connectivity index (χ1) is 8.70. The van der Waals surface area contributed by atoms with Crippen molar-refractivity contribution >= 4 is 34.5 Å². The van der Waals surface area contributed by atoms with E-state index in [-0.39, 0.29) is 22.6 Å². The van der Waals surface area contributed by atoms with Gasteiger partial charge in [0.05, 0.1) is 6.10 Å². The maximum absolute atomic E-state index is 9.69. The molecule has 1 rings (SSSR count). The van der Waals surface area contributed by atoms with E-state index >= 15 is 0 Å². The first-order valence-electron chi connectivity index (χ1n) is 6.80. The van der Waals surface area contributed by atoms with Gasteiger partial charge in [-0.05, 0) is 61.5 Å². The molecule has 110 valence electrons. The van der Waals surface area contributed by atoms with Crippen LogP contribution in [0.5, 0.6) is 0 Å². The molecule has 1 fully saturated rings. The molecule has 0 aromatic carbocycles. The summed E-state index contributed by atoms with van der Waals surface area (Å²) in [6.45, 7) is 6.82. The van der Waals surface area contributed by atoms with Crippen molar-refractivity contribution in [2.45, 2.75) is 65.1 Å². The molecule has 5 heteroatoms. The molecule has 0 bridgehead atoms. The second kappa shape index (κ2) is 6.95. The van der Waals surface area contributed by atoms with Gasteiger partial charge in [0, 0.05) is 6.42 Å². The third-order valence-corrected chi connectivity index (χ3v) is 4.36. The summed E-state index contributed by atoms with van der Waals surface area (Å²) in [6.07, 6.45) is 3.29. The molecule has 3 nitrogen and oxygen atoms in total. The number of aliphatic hydroxyl groups excluding tert-OH is 2. The number of rotatable bonds is 4.